The minimum absolute atomic E-state index is 0.0776. The molecule has 2 aromatic carbocycles. The molecule has 0 aliphatic heterocycles. The van der Waals surface area contributed by atoms with Crippen molar-refractivity contribution in [1.29, 1.82) is 0 Å². The standard InChI is InChI=1S/C21H16F3NO5S/c1-13-8-19(31(27,28)18-6-4-3-5-7-18)12-25-20(13)30-17-10-15(21(22,23)24)9-16(11-17)29-14(2)26/h3-12H,1-2H3. The fourth-order valence-corrected chi connectivity index (χ4v) is 3.97. The second-order valence-corrected chi connectivity index (χ2v) is 8.45. The molecule has 0 N–H and O–H groups in total. The Morgan fingerprint density at radius 2 is 1.61 bits per heavy atom. The number of alkyl halides is 3. The van der Waals surface area contributed by atoms with E-state index in [4.69, 9.17) is 9.47 Å². The molecule has 6 nitrogen and oxygen atoms in total. The molecule has 0 fully saturated rings. The number of rotatable bonds is 5. The summed E-state index contributed by atoms with van der Waals surface area (Å²) >= 11 is 0. The van der Waals surface area contributed by atoms with Crippen LogP contribution in [0.4, 0.5) is 13.2 Å². The minimum Gasteiger partial charge on any atom is -0.439 e. The Morgan fingerprint density at radius 1 is 0.968 bits per heavy atom. The zero-order valence-corrected chi connectivity index (χ0v) is 17.1. The Labute approximate surface area is 176 Å². The van der Waals surface area contributed by atoms with Gasteiger partial charge in [0.25, 0.3) is 0 Å². The number of ether oxygens (including phenoxy) is 2. The number of hydrogen-bond donors (Lipinski definition) is 0. The van der Waals surface area contributed by atoms with Gasteiger partial charge < -0.3 is 9.47 Å². The maximum absolute atomic E-state index is 13.2. The van der Waals surface area contributed by atoms with Gasteiger partial charge in [0.2, 0.25) is 15.7 Å². The predicted molar refractivity (Wildman–Crippen MR) is 104 cm³/mol. The van der Waals surface area contributed by atoms with Gasteiger partial charge in [0.1, 0.15) is 11.5 Å². The third-order valence-electron chi connectivity index (χ3n) is 4.05. The van der Waals surface area contributed by atoms with Crippen molar-refractivity contribution in [1.82, 2.24) is 4.98 Å². The average Bonchev–Trinajstić information content (AvgIpc) is 2.69. The van der Waals surface area contributed by atoms with E-state index >= 15 is 0 Å². The molecule has 0 saturated heterocycles. The fourth-order valence-electron chi connectivity index (χ4n) is 2.66. The molecule has 0 unspecified atom stereocenters. The normalized spacial score (nSPS) is 11.8. The van der Waals surface area contributed by atoms with E-state index in [9.17, 15) is 26.4 Å². The molecule has 0 amide bonds. The lowest BCUT2D eigenvalue weighted by Gasteiger charge is -2.14. The predicted octanol–water partition coefficient (Wildman–Crippen LogP) is 4.96. The summed E-state index contributed by atoms with van der Waals surface area (Å²) < 4.78 is 75.1. The molecule has 0 atom stereocenters. The largest absolute Gasteiger partial charge is 0.439 e. The van der Waals surface area contributed by atoms with Gasteiger partial charge in [0, 0.05) is 24.8 Å². The molecule has 3 rings (SSSR count). The highest BCUT2D eigenvalue weighted by atomic mass is 32.2. The van der Waals surface area contributed by atoms with E-state index in [1.165, 1.54) is 25.1 Å². The lowest BCUT2D eigenvalue weighted by atomic mass is 10.2. The topological polar surface area (TPSA) is 82.6 Å². The van der Waals surface area contributed by atoms with E-state index in [0.717, 1.165) is 25.3 Å². The molecule has 162 valence electrons. The Bertz CT molecular complexity index is 1230. The highest BCUT2D eigenvalue weighted by Gasteiger charge is 2.32. The number of carbonyl (C=O) groups excluding carboxylic acids is 1. The van der Waals surface area contributed by atoms with Gasteiger partial charge >= 0.3 is 12.1 Å². The summed E-state index contributed by atoms with van der Waals surface area (Å²) in [7, 11) is -3.82. The van der Waals surface area contributed by atoms with Gasteiger partial charge in [0.05, 0.1) is 15.4 Å². The van der Waals surface area contributed by atoms with Gasteiger partial charge in [-0.25, -0.2) is 13.4 Å². The van der Waals surface area contributed by atoms with Crippen molar-refractivity contribution in [2.75, 3.05) is 0 Å². The van der Waals surface area contributed by atoms with Crippen LogP contribution in [0.1, 0.15) is 18.1 Å². The van der Waals surface area contributed by atoms with Gasteiger partial charge in [-0.3, -0.25) is 4.79 Å². The lowest BCUT2D eigenvalue weighted by molar-refractivity contribution is -0.138. The monoisotopic (exact) mass is 451 g/mol. The Morgan fingerprint density at radius 3 is 2.19 bits per heavy atom. The molecule has 0 saturated carbocycles. The van der Waals surface area contributed by atoms with Crippen LogP contribution in [-0.2, 0) is 20.8 Å². The molecule has 0 aliphatic rings. The van der Waals surface area contributed by atoms with Crippen molar-refractivity contribution in [3.05, 3.63) is 71.9 Å². The number of sulfone groups is 1. The van der Waals surface area contributed by atoms with Crippen LogP contribution >= 0.6 is 0 Å². The van der Waals surface area contributed by atoms with E-state index in [1.807, 2.05) is 0 Å². The van der Waals surface area contributed by atoms with Gasteiger partial charge in [0.15, 0.2) is 0 Å². The summed E-state index contributed by atoms with van der Waals surface area (Å²) in [6, 6.07) is 11.5. The summed E-state index contributed by atoms with van der Waals surface area (Å²) in [5, 5.41) is 0. The van der Waals surface area contributed by atoms with E-state index in [1.54, 1.807) is 18.2 Å². The van der Waals surface area contributed by atoms with Crippen molar-refractivity contribution in [2.45, 2.75) is 29.8 Å². The molecule has 1 aromatic heterocycles. The highest BCUT2D eigenvalue weighted by molar-refractivity contribution is 7.91. The molecule has 10 heteroatoms. The van der Waals surface area contributed by atoms with Crippen LogP contribution in [0.25, 0.3) is 0 Å². The van der Waals surface area contributed by atoms with Crippen molar-refractivity contribution >= 4 is 15.8 Å². The molecule has 0 aliphatic carbocycles. The van der Waals surface area contributed by atoms with Crippen molar-refractivity contribution in [3.63, 3.8) is 0 Å². The number of aromatic nitrogens is 1. The summed E-state index contributed by atoms with van der Waals surface area (Å²) in [6.07, 6.45) is -3.64. The van der Waals surface area contributed by atoms with Crippen LogP contribution in [0.15, 0.2) is 70.6 Å². The second-order valence-electron chi connectivity index (χ2n) is 6.50. The smallest absolute Gasteiger partial charge is 0.416 e. The maximum atomic E-state index is 13.2. The first-order chi connectivity index (χ1) is 14.5. The lowest BCUT2D eigenvalue weighted by Crippen LogP contribution is -2.08. The van der Waals surface area contributed by atoms with E-state index in [0.29, 0.717) is 6.07 Å². The first-order valence-electron chi connectivity index (χ1n) is 8.82. The summed E-state index contributed by atoms with van der Waals surface area (Å²) in [6.45, 7) is 2.56. The van der Waals surface area contributed by atoms with E-state index < -0.39 is 27.5 Å². The van der Waals surface area contributed by atoms with Crippen LogP contribution in [0, 0.1) is 6.92 Å². The van der Waals surface area contributed by atoms with Crippen LogP contribution in [0.3, 0.4) is 0 Å². The Balaban J connectivity index is 1.96. The van der Waals surface area contributed by atoms with Gasteiger partial charge in [-0.1, -0.05) is 18.2 Å². The van der Waals surface area contributed by atoms with Gasteiger partial charge in [-0.05, 0) is 37.3 Å². The molecule has 3 aromatic rings. The molecule has 0 spiro atoms. The third kappa shape index (κ3) is 5.21. The van der Waals surface area contributed by atoms with Crippen molar-refractivity contribution in [3.8, 4) is 17.4 Å². The van der Waals surface area contributed by atoms with Crippen molar-refractivity contribution < 1.29 is 35.9 Å². The van der Waals surface area contributed by atoms with Crippen molar-refractivity contribution in [2.24, 2.45) is 0 Å². The summed E-state index contributed by atoms with van der Waals surface area (Å²) in [4.78, 5) is 15.1. The van der Waals surface area contributed by atoms with Crippen LogP contribution in [-0.4, -0.2) is 19.4 Å². The number of pyridine rings is 1. The van der Waals surface area contributed by atoms with E-state index in [2.05, 4.69) is 4.98 Å². The fraction of sp³-hybridized carbons (Fsp3) is 0.143. The number of aryl methyl sites for hydroxylation is 1. The first-order valence-corrected chi connectivity index (χ1v) is 10.3. The zero-order chi connectivity index (χ0) is 22.8. The van der Waals surface area contributed by atoms with Crippen LogP contribution < -0.4 is 9.47 Å². The Kier molecular flexibility index (Phi) is 6.03. The maximum Gasteiger partial charge on any atom is 0.416 e. The van der Waals surface area contributed by atoms with Crippen LogP contribution in [0.2, 0.25) is 0 Å². The van der Waals surface area contributed by atoms with Gasteiger partial charge in [-0.2, -0.15) is 13.2 Å². The number of benzene rings is 2. The summed E-state index contributed by atoms with van der Waals surface area (Å²) in [5.41, 5.74) is -0.800. The van der Waals surface area contributed by atoms with Crippen LogP contribution in [0.5, 0.6) is 17.4 Å². The molecule has 0 bridgehead atoms. The van der Waals surface area contributed by atoms with Gasteiger partial charge in [-0.15, -0.1) is 0 Å². The number of carbonyl (C=O) groups is 1. The molecular formula is C21H16F3NO5S. The third-order valence-corrected chi connectivity index (χ3v) is 5.79. The highest BCUT2D eigenvalue weighted by Crippen LogP contribution is 2.37. The number of halogens is 3. The molecule has 31 heavy (non-hydrogen) atoms. The average molecular weight is 451 g/mol. The zero-order valence-electron chi connectivity index (χ0n) is 16.3. The number of hydrogen-bond acceptors (Lipinski definition) is 6. The number of esters is 1. The second kappa shape index (κ2) is 8.38. The SMILES string of the molecule is CC(=O)Oc1cc(Oc2ncc(S(=O)(=O)c3ccccc3)cc2C)cc(C(F)(F)F)c1. The summed E-state index contributed by atoms with van der Waals surface area (Å²) in [5.74, 6) is -1.52. The molecular weight excluding hydrogens is 435 g/mol. The number of nitrogens with zero attached hydrogens (tertiary/aromatic N) is 1. The quantitative estimate of drug-likeness (QED) is 0.403. The molecule has 0 radical (unpaired) electrons. The first kappa shape index (κ1) is 22.3. The van der Waals surface area contributed by atoms with E-state index in [-0.39, 0.29) is 32.7 Å². The Hall–Kier alpha value is -3.40. The molecule has 1 heterocycles. The minimum atomic E-state index is -4.70.